The summed E-state index contributed by atoms with van der Waals surface area (Å²) in [5.41, 5.74) is 4.49. The zero-order valence-electron chi connectivity index (χ0n) is 22.6. The standard InChI is InChI=1S/2C14H10N.C6H5.CH3.2ClH.Si.Zr/c2*1-2-10-15-14(9-1)13-8-4-6-11-5-3-7-12(11)13;1-2-4-6-5-3-1;;;;;/h2*1-10H;1-5H;1H3;2*1H;;/q4*-1;;;;. The number of aromatic nitrogens is 2. The summed E-state index contributed by atoms with van der Waals surface area (Å²) >= 11 is 1.36. The first-order chi connectivity index (χ1) is 18.9. The van der Waals surface area contributed by atoms with Crippen molar-refractivity contribution in [3.63, 3.8) is 0 Å². The number of hydrogen-bond donors (Lipinski definition) is 0. The van der Waals surface area contributed by atoms with Gasteiger partial charge in [-0.05, 0) is 35.4 Å². The van der Waals surface area contributed by atoms with Crippen LogP contribution in [0.2, 0.25) is 0 Å². The molecule has 0 atom stereocenters. The third-order valence-corrected chi connectivity index (χ3v) is 5.85. The normalized spacial score (nSPS) is 9.05. The quantitative estimate of drug-likeness (QED) is 0.135. The van der Waals surface area contributed by atoms with Crippen molar-refractivity contribution in [1.82, 2.24) is 9.97 Å². The molecule has 0 bridgehead atoms. The summed E-state index contributed by atoms with van der Waals surface area (Å²) in [6, 6.07) is 49.8. The molecule has 0 aliphatic rings. The number of hydrogen-bond acceptors (Lipinski definition) is 2. The summed E-state index contributed by atoms with van der Waals surface area (Å²) in [6.07, 6.45) is 3.66. The van der Waals surface area contributed by atoms with Gasteiger partial charge in [0.15, 0.2) is 0 Å². The number of nitrogens with zero attached hydrogens (tertiary/aromatic N) is 2. The van der Waals surface area contributed by atoms with E-state index in [1.54, 1.807) is 0 Å². The Morgan fingerprint density at radius 3 is 1.34 bits per heavy atom. The van der Waals surface area contributed by atoms with Gasteiger partial charge in [0.05, 0.1) is 11.4 Å². The summed E-state index contributed by atoms with van der Waals surface area (Å²) in [5.74, 6) is 0. The van der Waals surface area contributed by atoms with Crippen LogP contribution in [0.4, 0.5) is 0 Å². The van der Waals surface area contributed by atoms with Crippen LogP contribution in [0, 0.1) is 13.5 Å². The Bertz CT molecular complexity index is 1520. The molecule has 0 unspecified atom stereocenters. The van der Waals surface area contributed by atoms with Crippen molar-refractivity contribution < 1.29 is 23.3 Å². The van der Waals surface area contributed by atoms with Crippen molar-refractivity contribution in [2.24, 2.45) is 0 Å². The molecule has 0 saturated heterocycles. The van der Waals surface area contributed by atoms with Crippen molar-refractivity contribution in [1.29, 1.82) is 0 Å². The largest absolute Gasteiger partial charge is 0.257 e. The summed E-state index contributed by atoms with van der Waals surface area (Å²) in [7, 11) is 0. The molecule has 0 aliphatic heterocycles. The smallest absolute Gasteiger partial charge is 0.0607 e. The molecule has 0 N–H and O–H groups in total. The van der Waals surface area contributed by atoms with E-state index in [1.807, 2.05) is 79.1 Å². The predicted molar refractivity (Wildman–Crippen MR) is 177 cm³/mol. The number of halogens is 2. The van der Waals surface area contributed by atoms with Crippen LogP contribution in [0.1, 0.15) is 0 Å². The molecule has 0 fully saturated rings. The van der Waals surface area contributed by atoms with Gasteiger partial charge in [-0.25, -0.2) is 0 Å². The molecule has 2 heterocycles. The van der Waals surface area contributed by atoms with Crippen LogP contribution in [0.15, 0.2) is 152 Å². The fourth-order valence-electron chi connectivity index (χ4n) is 4.16. The zero-order chi connectivity index (χ0) is 26.4. The molecule has 2 nitrogen and oxygen atoms in total. The minimum absolute atomic E-state index is 0. The fourth-order valence-corrected chi connectivity index (χ4v) is 4.16. The molecule has 7 rings (SSSR count). The van der Waals surface area contributed by atoms with Gasteiger partial charge < -0.3 is 7.43 Å². The first-order valence-corrected chi connectivity index (χ1v) is 16.4. The fraction of sp³-hybridized carbons (Fsp3) is 0. The Morgan fingerprint density at radius 2 is 1.00 bits per heavy atom. The minimum atomic E-state index is 0. The van der Waals surface area contributed by atoms with E-state index in [0.717, 1.165) is 11.4 Å². The molecular weight excluding hydrogens is 639 g/mol. The van der Waals surface area contributed by atoms with E-state index in [9.17, 15) is 0 Å². The Labute approximate surface area is 272 Å². The van der Waals surface area contributed by atoms with Crippen LogP contribution in [-0.4, -0.2) is 16.8 Å². The molecule has 206 valence electrons. The van der Waals surface area contributed by atoms with Crippen molar-refractivity contribution in [2.45, 2.75) is 0 Å². The van der Waals surface area contributed by atoms with Crippen molar-refractivity contribution in [2.75, 3.05) is 0 Å². The van der Waals surface area contributed by atoms with Crippen LogP contribution in [0.3, 0.4) is 0 Å². The summed E-state index contributed by atoms with van der Waals surface area (Å²) < 4.78 is 0. The number of rotatable bonds is 2. The number of benzene rings is 3. The monoisotopic (exact) mass is 666 g/mol. The topological polar surface area (TPSA) is 25.8 Å². The Morgan fingerprint density at radius 1 is 0.537 bits per heavy atom. The Hall–Kier alpha value is -3.14. The Balaban J connectivity index is 0.000000308. The molecule has 0 saturated carbocycles. The van der Waals surface area contributed by atoms with E-state index < -0.39 is 0 Å². The van der Waals surface area contributed by atoms with Gasteiger partial charge in [0.25, 0.3) is 0 Å². The van der Waals surface area contributed by atoms with Gasteiger partial charge in [-0.15, -0.1) is 82.8 Å². The second kappa shape index (κ2) is 19.9. The van der Waals surface area contributed by atoms with Gasteiger partial charge in [-0.3, -0.25) is 9.97 Å². The van der Waals surface area contributed by atoms with E-state index >= 15 is 0 Å². The molecule has 41 heavy (non-hydrogen) atoms. The molecule has 0 aliphatic carbocycles. The molecule has 2 radical (unpaired) electrons. The van der Waals surface area contributed by atoms with Gasteiger partial charge in [0.1, 0.15) is 0 Å². The zero-order valence-corrected chi connectivity index (χ0v) is 27.7. The van der Waals surface area contributed by atoms with E-state index in [-0.39, 0.29) is 32.2 Å². The average Bonchev–Trinajstić information content (AvgIpc) is 3.71. The van der Waals surface area contributed by atoms with Crippen LogP contribution in [0.25, 0.3) is 44.1 Å². The van der Waals surface area contributed by atoms with E-state index in [0.29, 0.717) is 0 Å². The van der Waals surface area contributed by atoms with Gasteiger partial charge in [0.2, 0.25) is 0 Å². The van der Waals surface area contributed by atoms with Gasteiger partial charge in [-0.1, -0.05) is 24.3 Å². The van der Waals surface area contributed by atoms with Crippen LogP contribution >= 0.6 is 24.8 Å². The van der Waals surface area contributed by atoms with Crippen molar-refractivity contribution >= 4 is 53.2 Å². The van der Waals surface area contributed by atoms with Crippen molar-refractivity contribution in [3.05, 3.63) is 165 Å². The molecule has 0 amide bonds. The number of fused-ring (bicyclic) bond motifs is 2. The second-order valence-electron chi connectivity index (χ2n) is 8.18. The first kappa shape index (κ1) is 35.9. The van der Waals surface area contributed by atoms with E-state index in [1.165, 1.54) is 56.0 Å². The molecule has 2 aromatic heterocycles. The molecule has 7 aromatic rings. The maximum absolute atomic E-state index is 4.38. The second-order valence-corrected chi connectivity index (χ2v) is 8.18. The SMILES string of the molecule is Cl.Cl.[CH3-].[Si]=[Zr].[c-]1ccccc1.c1ccc(-c2cccc3[cH-]ccc23)nc1.c1ccc(-c2cccc3[cH-]ccc23)nc1. The minimum Gasteiger partial charge on any atom is -0.257 e. The first-order valence-electron chi connectivity index (χ1n) is 12.2. The predicted octanol–water partition coefficient (Wildman–Crippen LogP) is 9.64. The molecule has 0 spiro atoms. The van der Waals surface area contributed by atoms with Crippen LogP contribution in [-0.2, 0) is 23.3 Å². The van der Waals surface area contributed by atoms with E-state index in [4.69, 9.17) is 0 Å². The molecule has 5 aromatic carbocycles. The maximum atomic E-state index is 4.38. The van der Waals surface area contributed by atoms with Crippen LogP contribution in [0.5, 0.6) is 0 Å². The van der Waals surface area contributed by atoms with Crippen molar-refractivity contribution in [3.8, 4) is 22.5 Å². The summed E-state index contributed by atoms with van der Waals surface area (Å²) in [5, 5.41) is 5.10. The third-order valence-electron chi connectivity index (χ3n) is 5.85. The van der Waals surface area contributed by atoms with Gasteiger partial charge in [-0.2, -0.15) is 60.7 Å². The molecule has 6 heteroatoms. The number of pyridine rings is 2. The van der Waals surface area contributed by atoms with E-state index in [2.05, 4.69) is 95.7 Å². The summed E-state index contributed by atoms with van der Waals surface area (Å²) in [4.78, 5) is 8.76. The average molecular weight is 669 g/mol. The molecular formula is C35H30Cl2N2SiZr-4. The van der Waals surface area contributed by atoms with Gasteiger partial charge in [0, 0.05) is 12.4 Å². The van der Waals surface area contributed by atoms with Crippen LogP contribution < -0.4 is 0 Å². The Kier molecular flexibility index (Phi) is 17.4. The summed E-state index contributed by atoms with van der Waals surface area (Å²) in [6.45, 7) is 3.06. The third kappa shape index (κ3) is 10.0. The van der Waals surface area contributed by atoms with Gasteiger partial charge >= 0.3 is 30.2 Å². The maximum Gasteiger partial charge on any atom is 0.0607 e.